The van der Waals surface area contributed by atoms with Crippen LogP contribution in [0, 0.1) is 5.92 Å². The Morgan fingerprint density at radius 3 is 2.00 bits per heavy atom. The molecule has 0 aromatic heterocycles. The van der Waals surface area contributed by atoms with Crippen molar-refractivity contribution < 1.29 is 14.3 Å². The van der Waals surface area contributed by atoms with E-state index < -0.39 is 0 Å². The summed E-state index contributed by atoms with van der Waals surface area (Å²) in [4.78, 5) is 26.3. The lowest BCUT2D eigenvalue weighted by molar-refractivity contribution is -0.0117. The van der Waals surface area contributed by atoms with Crippen LogP contribution in [0.1, 0.15) is 91.6 Å². The molecule has 1 aromatic rings. The molecule has 2 aliphatic rings. The average molecular weight is 372 g/mol. The van der Waals surface area contributed by atoms with E-state index in [9.17, 15) is 9.59 Å². The second-order valence-corrected chi connectivity index (χ2v) is 8.51. The van der Waals surface area contributed by atoms with Gasteiger partial charge in [-0.2, -0.15) is 0 Å². The summed E-state index contributed by atoms with van der Waals surface area (Å²) in [7, 11) is 0. The molecule has 2 heterocycles. The van der Waals surface area contributed by atoms with Gasteiger partial charge < -0.3 is 4.74 Å². The molecule has 2 aliphatic heterocycles. The van der Waals surface area contributed by atoms with E-state index in [0.29, 0.717) is 17.0 Å². The number of benzene rings is 1. The largest absolute Gasteiger partial charge is 0.375 e. The van der Waals surface area contributed by atoms with Crippen molar-refractivity contribution in [3.63, 3.8) is 0 Å². The topological polar surface area (TPSA) is 46.6 Å². The summed E-state index contributed by atoms with van der Waals surface area (Å²) < 4.78 is 6.31. The fourth-order valence-electron chi connectivity index (χ4n) is 5.04. The highest BCUT2D eigenvalue weighted by Crippen LogP contribution is 2.39. The molecule has 0 radical (unpaired) electrons. The molecule has 148 valence electrons. The second kappa shape index (κ2) is 8.24. The number of fused-ring (bicyclic) bond motifs is 1. The fraction of sp³-hybridized carbons (Fsp3) is 0.652. The van der Waals surface area contributed by atoms with Crippen molar-refractivity contribution in [2.75, 3.05) is 13.2 Å². The molecule has 1 aromatic carbocycles. The van der Waals surface area contributed by atoms with Crippen LogP contribution in [0.5, 0.6) is 0 Å². The fourth-order valence-corrected chi connectivity index (χ4v) is 5.04. The number of Topliss-reactive ketones (excluding diaryl/α,β-unsaturated/α-hetero) is 2. The highest BCUT2D eigenvalue weighted by molar-refractivity contribution is 6.07. The SMILES string of the molecule is CCCC1(CCC)CC(CN2Cc3cc(C(C)=O)c(C(C)=O)cc3C2)CO1. The third-order valence-corrected chi connectivity index (χ3v) is 6.10. The molecule has 1 saturated heterocycles. The van der Waals surface area contributed by atoms with Gasteiger partial charge in [0.2, 0.25) is 0 Å². The normalized spacial score (nSPS) is 21.4. The molecule has 0 N–H and O–H groups in total. The summed E-state index contributed by atoms with van der Waals surface area (Å²) in [6.45, 7) is 11.2. The molecular formula is C23H33NO3. The first kappa shape index (κ1) is 20.2. The molecule has 4 nitrogen and oxygen atoms in total. The molecule has 4 heteroatoms. The molecule has 0 bridgehead atoms. The Morgan fingerprint density at radius 1 is 1.04 bits per heavy atom. The summed E-state index contributed by atoms with van der Waals surface area (Å²) in [5.74, 6) is 0.501. The molecule has 0 saturated carbocycles. The Labute approximate surface area is 163 Å². The zero-order valence-corrected chi connectivity index (χ0v) is 17.3. The molecule has 0 spiro atoms. The predicted octanol–water partition coefficient (Wildman–Crippen LogP) is 4.78. The van der Waals surface area contributed by atoms with E-state index in [2.05, 4.69) is 18.7 Å². The van der Waals surface area contributed by atoms with Crippen LogP contribution in [-0.4, -0.2) is 35.2 Å². The first-order valence-corrected chi connectivity index (χ1v) is 10.4. The van der Waals surface area contributed by atoms with Crippen LogP contribution in [-0.2, 0) is 17.8 Å². The van der Waals surface area contributed by atoms with Crippen LogP contribution in [0.25, 0.3) is 0 Å². The van der Waals surface area contributed by atoms with Gasteiger partial charge in [-0.3, -0.25) is 14.5 Å². The van der Waals surface area contributed by atoms with E-state index in [1.54, 1.807) is 0 Å². The number of rotatable bonds is 8. The maximum Gasteiger partial charge on any atom is 0.160 e. The molecule has 0 amide bonds. The Morgan fingerprint density at radius 2 is 1.56 bits per heavy atom. The summed E-state index contributed by atoms with van der Waals surface area (Å²) in [6, 6.07) is 3.88. The summed E-state index contributed by atoms with van der Waals surface area (Å²) in [6.07, 6.45) is 5.80. The van der Waals surface area contributed by atoms with Crippen LogP contribution in [0.15, 0.2) is 12.1 Å². The van der Waals surface area contributed by atoms with Crippen LogP contribution in [0.2, 0.25) is 0 Å². The van der Waals surface area contributed by atoms with Gasteiger partial charge in [0.15, 0.2) is 11.6 Å². The van der Waals surface area contributed by atoms with Gasteiger partial charge in [0.1, 0.15) is 0 Å². The van der Waals surface area contributed by atoms with E-state index in [4.69, 9.17) is 4.74 Å². The summed E-state index contributed by atoms with van der Waals surface area (Å²) in [5.41, 5.74) is 3.61. The number of carbonyl (C=O) groups excluding carboxylic acids is 2. The molecule has 1 atom stereocenters. The van der Waals surface area contributed by atoms with E-state index in [0.717, 1.165) is 45.5 Å². The zero-order valence-electron chi connectivity index (χ0n) is 17.3. The lowest BCUT2D eigenvalue weighted by Gasteiger charge is -2.28. The Bertz CT molecular complexity index is 676. The zero-order chi connectivity index (χ0) is 19.6. The second-order valence-electron chi connectivity index (χ2n) is 8.51. The monoisotopic (exact) mass is 371 g/mol. The van der Waals surface area contributed by atoms with E-state index in [1.807, 2.05) is 12.1 Å². The first-order valence-electron chi connectivity index (χ1n) is 10.4. The predicted molar refractivity (Wildman–Crippen MR) is 107 cm³/mol. The van der Waals surface area contributed by atoms with Gasteiger partial charge >= 0.3 is 0 Å². The van der Waals surface area contributed by atoms with Crippen molar-refractivity contribution in [2.24, 2.45) is 5.92 Å². The molecule has 1 fully saturated rings. The van der Waals surface area contributed by atoms with Crippen molar-refractivity contribution in [1.29, 1.82) is 0 Å². The molecule has 1 unspecified atom stereocenters. The Kier molecular flexibility index (Phi) is 6.17. The maximum absolute atomic E-state index is 11.9. The van der Waals surface area contributed by atoms with E-state index in [-0.39, 0.29) is 17.2 Å². The van der Waals surface area contributed by atoms with Crippen molar-refractivity contribution in [2.45, 2.75) is 78.5 Å². The standard InChI is InChI=1S/C23H33NO3/c1-5-7-23(8-6-2)11-18(15-27-23)12-24-13-19-9-21(16(3)25)22(17(4)26)10-20(19)14-24/h9-10,18H,5-8,11-15H2,1-4H3. The third-order valence-electron chi connectivity index (χ3n) is 6.10. The van der Waals surface area contributed by atoms with Crippen molar-refractivity contribution >= 4 is 11.6 Å². The third kappa shape index (κ3) is 4.33. The van der Waals surface area contributed by atoms with Crippen LogP contribution in [0.4, 0.5) is 0 Å². The van der Waals surface area contributed by atoms with Gasteiger partial charge in [-0.15, -0.1) is 0 Å². The average Bonchev–Trinajstić information content (AvgIpc) is 3.17. The van der Waals surface area contributed by atoms with Gasteiger partial charge in [-0.25, -0.2) is 0 Å². The molecule has 27 heavy (non-hydrogen) atoms. The van der Waals surface area contributed by atoms with Crippen LogP contribution >= 0.6 is 0 Å². The number of carbonyl (C=O) groups is 2. The minimum absolute atomic E-state index is 0.0328. The smallest absolute Gasteiger partial charge is 0.160 e. The number of hydrogen-bond acceptors (Lipinski definition) is 4. The van der Waals surface area contributed by atoms with Gasteiger partial charge in [0.05, 0.1) is 12.2 Å². The Balaban J connectivity index is 1.68. The van der Waals surface area contributed by atoms with Gasteiger partial charge in [-0.1, -0.05) is 26.7 Å². The first-order chi connectivity index (χ1) is 12.9. The number of ether oxygens (including phenoxy) is 1. The van der Waals surface area contributed by atoms with E-state index in [1.165, 1.54) is 37.8 Å². The van der Waals surface area contributed by atoms with Gasteiger partial charge in [0.25, 0.3) is 0 Å². The lowest BCUT2D eigenvalue weighted by Crippen LogP contribution is -2.29. The summed E-state index contributed by atoms with van der Waals surface area (Å²) in [5, 5.41) is 0. The van der Waals surface area contributed by atoms with Crippen LogP contribution < -0.4 is 0 Å². The highest BCUT2D eigenvalue weighted by Gasteiger charge is 2.39. The number of nitrogens with zero attached hydrogens (tertiary/aromatic N) is 1. The van der Waals surface area contributed by atoms with Crippen molar-refractivity contribution in [1.82, 2.24) is 4.90 Å². The quantitative estimate of drug-likeness (QED) is 0.617. The summed E-state index contributed by atoms with van der Waals surface area (Å²) >= 11 is 0. The minimum atomic E-state index is -0.0328. The van der Waals surface area contributed by atoms with E-state index >= 15 is 0 Å². The molecular weight excluding hydrogens is 338 g/mol. The van der Waals surface area contributed by atoms with Crippen LogP contribution in [0.3, 0.4) is 0 Å². The Hall–Kier alpha value is -1.52. The van der Waals surface area contributed by atoms with Crippen molar-refractivity contribution in [3.8, 4) is 0 Å². The number of hydrogen-bond donors (Lipinski definition) is 0. The van der Waals surface area contributed by atoms with Crippen molar-refractivity contribution in [3.05, 3.63) is 34.4 Å². The molecule has 0 aliphatic carbocycles. The maximum atomic E-state index is 11.9. The van der Waals surface area contributed by atoms with Gasteiger partial charge in [-0.05, 0) is 62.3 Å². The highest BCUT2D eigenvalue weighted by atomic mass is 16.5. The number of ketones is 2. The van der Waals surface area contributed by atoms with Gasteiger partial charge in [0, 0.05) is 30.8 Å². The minimum Gasteiger partial charge on any atom is -0.375 e. The lowest BCUT2D eigenvalue weighted by atomic mass is 9.86. The molecule has 3 rings (SSSR count).